The molecule has 2 aliphatic heterocycles. The summed E-state index contributed by atoms with van der Waals surface area (Å²) in [7, 11) is 0. The fourth-order valence-corrected chi connectivity index (χ4v) is 8.69. The Morgan fingerprint density at radius 3 is 1.05 bits per heavy atom. The largest absolute Gasteiger partial charge is 0.490 e. The predicted octanol–water partition coefficient (Wildman–Crippen LogP) is 6.83. The molecule has 0 saturated carbocycles. The van der Waals surface area contributed by atoms with Gasteiger partial charge < -0.3 is 40.6 Å². The van der Waals surface area contributed by atoms with Crippen molar-refractivity contribution >= 4 is 57.7 Å². The highest BCUT2D eigenvalue weighted by Crippen LogP contribution is 2.39. The lowest BCUT2D eigenvalue weighted by Crippen LogP contribution is -2.48. The highest BCUT2D eigenvalue weighted by molar-refractivity contribution is 5.94. The molecular formula is C52H42F6N14O6. The van der Waals surface area contributed by atoms with Crippen molar-refractivity contribution in [3.8, 4) is 0 Å². The standard InChI is InChI=1S/C48H40N14O2.2C2HF3O2/c63-41-47(37-17-5-9-25-49-37,38-18-6-10-26-50-38)59-45(57-43-53-33-13-1-2-14-34(33)54-43)61(41)29-31-21-23-32(24-22-31)30-62-42(64)48(39-19-7-11-27-51-39,40-20-8-12-28-52-40)60-46(62)58-44-55-35-15-3-4-16-36(35)56-44;2*3-2(4,5)1(6)7/h1-28,45-46,59-60H,29-30H2,(H2,53,54,57)(H2,55,56,58);2*(H,6,7). The maximum Gasteiger partial charge on any atom is 0.490 e. The molecule has 11 rings (SSSR count). The number of amides is 2. The second-order valence-electron chi connectivity index (χ2n) is 17.2. The van der Waals surface area contributed by atoms with Crippen molar-refractivity contribution in [3.63, 3.8) is 0 Å². The second kappa shape index (κ2) is 21.8. The number of benzene rings is 3. The van der Waals surface area contributed by atoms with Crippen molar-refractivity contribution in [2.45, 2.75) is 49.1 Å². The van der Waals surface area contributed by atoms with Gasteiger partial charge in [-0.3, -0.25) is 40.2 Å². The van der Waals surface area contributed by atoms with Gasteiger partial charge in [-0.05, 0) is 83.9 Å². The quantitative estimate of drug-likeness (QED) is 0.0583. The van der Waals surface area contributed by atoms with Crippen LogP contribution in [0.5, 0.6) is 0 Å². The summed E-state index contributed by atoms with van der Waals surface area (Å²) >= 11 is 0. The van der Waals surface area contributed by atoms with Gasteiger partial charge in [0.1, 0.15) is 0 Å². The third-order valence-corrected chi connectivity index (χ3v) is 12.2. The molecule has 20 nitrogen and oxygen atoms in total. The van der Waals surface area contributed by atoms with Crippen LogP contribution in [0.25, 0.3) is 22.1 Å². The van der Waals surface area contributed by atoms with Crippen LogP contribution >= 0.6 is 0 Å². The fourth-order valence-electron chi connectivity index (χ4n) is 8.69. The molecule has 8 N–H and O–H groups in total. The number of carboxylic acid groups (broad SMARTS) is 2. The zero-order valence-electron chi connectivity index (χ0n) is 40.1. The van der Waals surface area contributed by atoms with Gasteiger partial charge in [0.05, 0.1) is 44.8 Å². The number of hydrogen-bond acceptors (Lipinski definition) is 14. The Labute approximate surface area is 436 Å². The number of aliphatic carboxylic acids is 2. The number of anilines is 2. The molecule has 2 saturated heterocycles. The molecule has 0 spiro atoms. The lowest BCUT2D eigenvalue weighted by molar-refractivity contribution is -0.193. The molecule has 2 unspecified atom stereocenters. The summed E-state index contributed by atoms with van der Waals surface area (Å²) in [5, 5.41) is 28.3. The van der Waals surface area contributed by atoms with Gasteiger partial charge in [0.25, 0.3) is 11.8 Å². The summed E-state index contributed by atoms with van der Waals surface area (Å²) in [5.74, 6) is -5.01. The van der Waals surface area contributed by atoms with Crippen molar-refractivity contribution in [1.29, 1.82) is 0 Å². The number of nitrogens with zero attached hydrogens (tertiary/aromatic N) is 8. The fraction of sp³-hybridized carbons (Fsp3) is 0.154. The number of aromatic amines is 2. The van der Waals surface area contributed by atoms with Crippen LogP contribution in [0, 0.1) is 0 Å². The molecule has 9 aromatic rings. The molecule has 78 heavy (non-hydrogen) atoms. The Balaban J connectivity index is 0.000000469. The van der Waals surface area contributed by atoms with E-state index >= 15 is 9.59 Å². The lowest BCUT2D eigenvalue weighted by atomic mass is 9.89. The summed E-state index contributed by atoms with van der Waals surface area (Å²) in [4.78, 5) is 86.4. The topological polar surface area (TPSA) is 272 Å². The van der Waals surface area contributed by atoms with Crippen LogP contribution < -0.4 is 21.3 Å². The predicted molar refractivity (Wildman–Crippen MR) is 267 cm³/mol. The number of carboxylic acids is 2. The summed E-state index contributed by atoms with van der Waals surface area (Å²) in [5.41, 5.74) is 4.21. The third kappa shape index (κ3) is 11.0. The number of nitrogens with one attached hydrogen (secondary N) is 6. The number of halogens is 6. The third-order valence-electron chi connectivity index (χ3n) is 12.2. The maximum atomic E-state index is 15.1. The summed E-state index contributed by atoms with van der Waals surface area (Å²) < 4.78 is 63.5. The van der Waals surface area contributed by atoms with E-state index in [0.717, 1.165) is 33.2 Å². The van der Waals surface area contributed by atoms with Gasteiger partial charge in [-0.15, -0.1) is 0 Å². The van der Waals surface area contributed by atoms with Gasteiger partial charge >= 0.3 is 24.3 Å². The summed E-state index contributed by atoms with van der Waals surface area (Å²) in [6, 6.07) is 45.4. The van der Waals surface area contributed by atoms with E-state index in [0.29, 0.717) is 34.7 Å². The zero-order valence-corrected chi connectivity index (χ0v) is 40.1. The zero-order chi connectivity index (χ0) is 55.2. The van der Waals surface area contributed by atoms with E-state index in [2.05, 4.69) is 51.2 Å². The number of rotatable bonds is 12. The Bertz CT molecular complexity index is 3180. The van der Waals surface area contributed by atoms with Gasteiger partial charge in [-0.1, -0.05) is 72.8 Å². The van der Waals surface area contributed by atoms with Crippen molar-refractivity contribution in [2.75, 3.05) is 10.6 Å². The molecule has 8 heterocycles. The van der Waals surface area contributed by atoms with E-state index in [1.165, 1.54) is 0 Å². The maximum absolute atomic E-state index is 15.1. The number of fused-ring (bicyclic) bond motifs is 2. The number of carbonyl (C=O) groups is 4. The first-order valence-corrected chi connectivity index (χ1v) is 23.3. The Morgan fingerprint density at radius 1 is 0.487 bits per heavy atom. The molecule has 0 radical (unpaired) electrons. The number of H-pyrrole nitrogens is 2. The second-order valence-corrected chi connectivity index (χ2v) is 17.2. The van der Waals surface area contributed by atoms with E-state index in [-0.39, 0.29) is 24.9 Å². The Hall–Kier alpha value is -9.82. The van der Waals surface area contributed by atoms with E-state index < -0.39 is 47.9 Å². The van der Waals surface area contributed by atoms with Crippen molar-refractivity contribution in [1.82, 2.24) is 60.3 Å². The molecule has 2 aliphatic rings. The molecule has 26 heteroatoms. The average Bonchev–Trinajstić information content (AvgIpc) is 4.39. The SMILES string of the molecule is O=C(O)C(F)(F)F.O=C(O)C(F)(F)F.O=C1N(Cc2ccc(CN3C(=O)C(c4ccccn4)(c4ccccn4)NC3Nc3nc4ccccc4[nH]3)cc2)C(Nc2nc3ccccc3[nH]2)NC1(c1ccccn1)c1ccccn1. The summed E-state index contributed by atoms with van der Waals surface area (Å²) in [6.07, 6.45) is -4.94. The van der Waals surface area contributed by atoms with Crippen molar-refractivity contribution < 1.29 is 55.7 Å². The molecule has 6 aromatic heterocycles. The molecular weight excluding hydrogens is 1030 g/mol. The van der Waals surface area contributed by atoms with Crippen LogP contribution in [0.1, 0.15) is 33.9 Å². The first-order valence-electron chi connectivity index (χ1n) is 23.3. The average molecular weight is 1070 g/mol. The number of para-hydroxylation sites is 4. The van der Waals surface area contributed by atoms with Crippen LogP contribution in [0.2, 0.25) is 0 Å². The number of aromatic nitrogens is 8. The normalized spacial score (nSPS) is 16.7. The van der Waals surface area contributed by atoms with Crippen LogP contribution in [0.4, 0.5) is 38.2 Å². The monoisotopic (exact) mass is 1070 g/mol. The van der Waals surface area contributed by atoms with Gasteiger partial charge in [0.2, 0.25) is 11.9 Å². The van der Waals surface area contributed by atoms with E-state index in [9.17, 15) is 26.3 Å². The number of alkyl halides is 6. The van der Waals surface area contributed by atoms with E-state index in [1.54, 1.807) is 34.6 Å². The van der Waals surface area contributed by atoms with Crippen molar-refractivity contribution in [3.05, 3.63) is 204 Å². The van der Waals surface area contributed by atoms with Gasteiger partial charge in [0, 0.05) is 37.9 Å². The number of hydrogen-bond donors (Lipinski definition) is 8. The Morgan fingerprint density at radius 2 is 0.782 bits per heavy atom. The van der Waals surface area contributed by atoms with Crippen LogP contribution in [-0.2, 0) is 43.3 Å². The molecule has 0 bridgehead atoms. The summed E-state index contributed by atoms with van der Waals surface area (Å²) in [6.45, 7) is 0.433. The van der Waals surface area contributed by atoms with Gasteiger partial charge in [0.15, 0.2) is 23.7 Å². The Kier molecular flexibility index (Phi) is 14.8. The highest BCUT2D eigenvalue weighted by atomic mass is 19.4. The lowest BCUT2D eigenvalue weighted by Gasteiger charge is -2.26. The van der Waals surface area contributed by atoms with Crippen LogP contribution in [-0.4, -0.2) is 109 Å². The molecule has 2 amide bonds. The van der Waals surface area contributed by atoms with E-state index in [4.69, 9.17) is 29.8 Å². The molecule has 2 atom stereocenters. The van der Waals surface area contributed by atoms with Gasteiger partial charge in [-0.25, -0.2) is 19.6 Å². The minimum atomic E-state index is -5.08. The number of pyridine rings is 4. The smallest absolute Gasteiger partial charge is 0.475 e. The van der Waals surface area contributed by atoms with E-state index in [1.807, 2.05) is 146 Å². The van der Waals surface area contributed by atoms with Gasteiger partial charge in [-0.2, -0.15) is 26.3 Å². The molecule has 0 aliphatic carbocycles. The number of carbonyl (C=O) groups excluding carboxylic acids is 2. The number of imidazole rings is 2. The van der Waals surface area contributed by atoms with Crippen LogP contribution in [0.15, 0.2) is 170 Å². The molecule has 2 fully saturated rings. The minimum Gasteiger partial charge on any atom is -0.475 e. The molecule has 398 valence electrons. The first-order chi connectivity index (χ1) is 37.4. The minimum absolute atomic E-state index is 0.217. The molecule has 3 aromatic carbocycles. The highest BCUT2D eigenvalue weighted by Gasteiger charge is 2.57. The van der Waals surface area contributed by atoms with Crippen LogP contribution in [0.3, 0.4) is 0 Å². The first kappa shape index (κ1) is 53.0. The van der Waals surface area contributed by atoms with Crippen molar-refractivity contribution in [2.24, 2.45) is 0 Å².